The second-order valence-electron chi connectivity index (χ2n) is 10.1. The lowest BCUT2D eigenvalue weighted by atomic mass is 10.1. The number of nitrogens with one attached hydrogen (secondary N) is 1. The number of hydrogen-bond donors (Lipinski definition) is 1. The van der Waals surface area contributed by atoms with Gasteiger partial charge in [0.05, 0.1) is 10.6 Å². The van der Waals surface area contributed by atoms with Gasteiger partial charge >= 0.3 is 0 Å². The number of benzene rings is 3. The molecule has 39 heavy (non-hydrogen) atoms. The van der Waals surface area contributed by atoms with Gasteiger partial charge in [-0.15, -0.1) is 0 Å². The molecule has 0 saturated carbocycles. The molecule has 3 aromatic carbocycles. The summed E-state index contributed by atoms with van der Waals surface area (Å²) in [6.45, 7) is 6.70. The van der Waals surface area contributed by atoms with Crippen LogP contribution in [0.25, 0.3) is 0 Å². The lowest BCUT2D eigenvalue weighted by molar-refractivity contribution is -0.141. The van der Waals surface area contributed by atoms with Crippen molar-refractivity contribution >= 4 is 39.1 Å². The Morgan fingerprint density at radius 2 is 1.54 bits per heavy atom. The smallest absolute Gasteiger partial charge is 0.264 e. The molecule has 3 aromatic rings. The standard InChI is InChI=1S/C29H33ClFN3O4S/c1-5-26(28(36)32-29(2,3)4)33(19-21-11-15-23(31)16-12-21)27(35)20-34(24-9-7-6-8-10-24)39(37,38)25-17-13-22(30)14-18-25/h6-18,26H,5,19-20H2,1-4H3,(H,32,36)/t26-/m0/s1. The summed E-state index contributed by atoms with van der Waals surface area (Å²) in [7, 11) is -4.18. The highest BCUT2D eigenvalue weighted by atomic mass is 35.5. The summed E-state index contributed by atoms with van der Waals surface area (Å²) in [5.41, 5.74) is 0.330. The molecule has 0 aliphatic carbocycles. The zero-order valence-corrected chi connectivity index (χ0v) is 24.0. The van der Waals surface area contributed by atoms with Crippen molar-refractivity contribution in [2.45, 2.75) is 57.1 Å². The van der Waals surface area contributed by atoms with E-state index in [0.29, 0.717) is 10.6 Å². The molecule has 0 aromatic heterocycles. The first kappa shape index (κ1) is 30.1. The van der Waals surface area contributed by atoms with Gasteiger partial charge in [-0.2, -0.15) is 0 Å². The molecule has 0 unspecified atom stereocenters. The highest BCUT2D eigenvalue weighted by molar-refractivity contribution is 7.92. The minimum atomic E-state index is -4.18. The first-order valence-electron chi connectivity index (χ1n) is 12.5. The zero-order valence-electron chi connectivity index (χ0n) is 22.4. The highest BCUT2D eigenvalue weighted by Crippen LogP contribution is 2.25. The van der Waals surface area contributed by atoms with E-state index in [1.54, 1.807) is 37.3 Å². The molecule has 0 saturated heterocycles. The predicted octanol–water partition coefficient (Wildman–Crippen LogP) is 5.40. The number of nitrogens with zero attached hydrogens (tertiary/aromatic N) is 2. The van der Waals surface area contributed by atoms with Crippen LogP contribution < -0.4 is 9.62 Å². The summed E-state index contributed by atoms with van der Waals surface area (Å²) in [6.07, 6.45) is 0.282. The molecule has 0 bridgehead atoms. The second kappa shape index (κ2) is 12.6. The Balaban J connectivity index is 2.04. The average Bonchev–Trinajstić information content (AvgIpc) is 2.87. The monoisotopic (exact) mass is 573 g/mol. The van der Waals surface area contributed by atoms with Gasteiger partial charge in [0.2, 0.25) is 11.8 Å². The zero-order chi connectivity index (χ0) is 28.8. The lowest BCUT2D eigenvalue weighted by Gasteiger charge is -2.34. The van der Waals surface area contributed by atoms with Crippen molar-refractivity contribution in [1.29, 1.82) is 0 Å². The third-order valence-corrected chi connectivity index (χ3v) is 7.92. The number of amides is 2. The third-order valence-electron chi connectivity index (χ3n) is 5.87. The van der Waals surface area contributed by atoms with Crippen LogP contribution in [0.15, 0.2) is 83.8 Å². The van der Waals surface area contributed by atoms with Gasteiger partial charge in [-0.05, 0) is 81.3 Å². The van der Waals surface area contributed by atoms with Gasteiger partial charge in [0, 0.05) is 17.1 Å². The van der Waals surface area contributed by atoms with Crippen LogP contribution in [0.1, 0.15) is 39.7 Å². The number of anilines is 1. The maximum Gasteiger partial charge on any atom is 0.264 e. The molecule has 0 spiro atoms. The predicted molar refractivity (Wildman–Crippen MR) is 151 cm³/mol. The number of carbonyl (C=O) groups is 2. The van der Waals surface area contributed by atoms with Crippen LogP contribution in [-0.4, -0.2) is 43.3 Å². The number of halogens is 2. The first-order valence-corrected chi connectivity index (χ1v) is 14.3. The van der Waals surface area contributed by atoms with E-state index in [0.717, 1.165) is 4.31 Å². The number of para-hydroxylation sites is 1. The summed E-state index contributed by atoms with van der Waals surface area (Å²) in [6, 6.07) is 18.7. The Morgan fingerprint density at radius 3 is 2.08 bits per heavy atom. The van der Waals surface area contributed by atoms with E-state index in [1.165, 1.54) is 53.4 Å². The minimum absolute atomic E-state index is 0.0151. The molecular formula is C29H33ClFN3O4S. The Morgan fingerprint density at radius 1 is 0.949 bits per heavy atom. The van der Waals surface area contributed by atoms with Crippen molar-refractivity contribution in [2.75, 3.05) is 10.8 Å². The van der Waals surface area contributed by atoms with Crippen LogP contribution in [0.3, 0.4) is 0 Å². The Kier molecular flexibility index (Phi) is 9.74. The summed E-state index contributed by atoms with van der Waals surface area (Å²) >= 11 is 5.97. The number of sulfonamides is 1. The van der Waals surface area contributed by atoms with Crippen molar-refractivity contribution in [3.63, 3.8) is 0 Å². The Hall–Kier alpha value is -3.43. The van der Waals surface area contributed by atoms with E-state index in [-0.39, 0.29) is 29.5 Å². The van der Waals surface area contributed by atoms with E-state index >= 15 is 0 Å². The van der Waals surface area contributed by atoms with Gasteiger partial charge in [-0.3, -0.25) is 13.9 Å². The van der Waals surface area contributed by atoms with Crippen LogP contribution in [0.2, 0.25) is 5.02 Å². The topological polar surface area (TPSA) is 86.8 Å². The van der Waals surface area contributed by atoms with E-state index in [1.807, 2.05) is 20.8 Å². The molecule has 2 amide bonds. The fourth-order valence-electron chi connectivity index (χ4n) is 4.02. The third kappa shape index (κ3) is 8.03. The fraction of sp³-hybridized carbons (Fsp3) is 0.310. The summed E-state index contributed by atoms with van der Waals surface area (Å²) in [5.74, 6) is -1.39. The van der Waals surface area contributed by atoms with E-state index in [2.05, 4.69) is 5.32 Å². The van der Waals surface area contributed by atoms with Gasteiger partial charge in [0.25, 0.3) is 10.0 Å². The van der Waals surface area contributed by atoms with Crippen molar-refractivity contribution in [2.24, 2.45) is 0 Å². The summed E-state index contributed by atoms with van der Waals surface area (Å²) in [5, 5.41) is 3.28. The first-order chi connectivity index (χ1) is 18.3. The SMILES string of the molecule is CC[C@@H](C(=O)NC(C)(C)C)N(Cc1ccc(F)cc1)C(=O)CN(c1ccccc1)S(=O)(=O)c1ccc(Cl)cc1. The maximum absolute atomic E-state index is 13.9. The largest absolute Gasteiger partial charge is 0.350 e. The Bertz CT molecular complexity index is 1380. The molecule has 0 heterocycles. The molecule has 0 fully saturated rings. The lowest BCUT2D eigenvalue weighted by Crippen LogP contribution is -2.55. The van der Waals surface area contributed by atoms with Crippen molar-refractivity contribution in [3.8, 4) is 0 Å². The van der Waals surface area contributed by atoms with Gasteiger partial charge in [-0.1, -0.05) is 48.9 Å². The molecule has 0 aliphatic heterocycles. The quantitative estimate of drug-likeness (QED) is 0.352. The van der Waals surface area contributed by atoms with Crippen LogP contribution in [-0.2, 0) is 26.2 Å². The van der Waals surface area contributed by atoms with Crippen LogP contribution >= 0.6 is 11.6 Å². The molecule has 3 rings (SSSR count). The van der Waals surface area contributed by atoms with Gasteiger partial charge in [-0.25, -0.2) is 12.8 Å². The normalized spacial score (nSPS) is 12.5. The van der Waals surface area contributed by atoms with Gasteiger partial charge in [0.1, 0.15) is 18.4 Å². The maximum atomic E-state index is 13.9. The number of hydrogen-bond acceptors (Lipinski definition) is 4. The molecule has 1 atom stereocenters. The molecule has 10 heteroatoms. The van der Waals surface area contributed by atoms with Gasteiger partial charge in [0.15, 0.2) is 0 Å². The Labute approximate surface area is 234 Å². The van der Waals surface area contributed by atoms with Crippen LogP contribution in [0.5, 0.6) is 0 Å². The molecule has 1 N–H and O–H groups in total. The number of carbonyl (C=O) groups excluding carboxylic acids is 2. The highest BCUT2D eigenvalue weighted by Gasteiger charge is 2.34. The summed E-state index contributed by atoms with van der Waals surface area (Å²) < 4.78 is 42.1. The molecule has 208 valence electrons. The van der Waals surface area contributed by atoms with E-state index < -0.39 is 39.9 Å². The fourth-order valence-corrected chi connectivity index (χ4v) is 5.56. The van der Waals surface area contributed by atoms with Crippen molar-refractivity contribution in [1.82, 2.24) is 10.2 Å². The van der Waals surface area contributed by atoms with E-state index in [9.17, 15) is 22.4 Å². The second-order valence-corrected chi connectivity index (χ2v) is 12.4. The van der Waals surface area contributed by atoms with Crippen molar-refractivity contribution in [3.05, 3.63) is 95.3 Å². The number of rotatable bonds is 10. The molecule has 0 radical (unpaired) electrons. The average molecular weight is 574 g/mol. The van der Waals surface area contributed by atoms with Crippen LogP contribution in [0, 0.1) is 5.82 Å². The molecule has 0 aliphatic rings. The molecular weight excluding hydrogens is 541 g/mol. The van der Waals surface area contributed by atoms with Crippen molar-refractivity contribution < 1.29 is 22.4 Å². The van der Waals surface area contributed by atoms with Crippen LogP contribution in [0.4, 0.5) is 10.1 Å². The van der Waals surface area contributed by atoms with E-state index in [4.69, 9.17) is 11.6 Å². The van der Waals surface area contributed by atoms with Gasteiger partial charge < -0.3 is 10.2 Å². The molecule has 7 nitrogen and oxygen atoms in total. The minimum Gasteiger partial charge on any atom is -0.350 e. The summed E-state index contributed by atoms with van der Waals surface area (Å²) in [4.78, 5) is 28.5.